The first kappa shape index (κ1) is 17.7. The molecule has 0 spiro atoms. The first-order valence-electron chi connectivity index (χ1n) is 7.76. The molecule has 0 bridgehead atoms. The van der Waals surface area contributed by atoms with E-state index in [4.69, 9.17) is 4.74 Å². The molecule has 0 amide bonds. The predicted octanol–water partition coefficient (Wildman–Crippen LogP) is 5.16. The fraction of sp³-hybridized carbons (Fsp3) is 0.100. The molecule has 0 atom stereocenters. The molecule has 132 valence electrons. The lowest BCUT2D eigenvalue weighted by atomic mass is 10.1. The molecule has 3 aromatic rings. The summed E-state index contributed by atoms with van der Waals surface area (Å²) >= 11 is 0. The zero-order valence-electron chi connectivity index (χ0n) is 13.5. The van der Waals surface area contributed by atoms with E-state index in [0.29, 0.717) is 35.5 Å². The Balaban J connectivity index is 1.86. The second-order valence-corrected chi connectivity index (χ2v) is 5.61. The minimum atomic E-state index is -4.44. The Kier molecular flexibility index (Phi) is 5.02. The Bertz CT molecular complexity index is 891. The molecule has 0 radical (unpaired) electrons. The lowest BCUT2D eigenvalue weighted by Gasteiger charge is -2.10. The van der Waals surface area contributed by atoms with Crippen LogP contribution in [0, 0.1) is 0 Å². The van der Waals surface area contributed by atoms with E-state index in [1.54, 1.807) is 18.2 Å². The summed E-state index contributed by atoms with van der Waals surface area (Å²) in [6.07, 6.45) is -3.02. The predicted molar refractivity (Wildman–Crippen MR) is 90.8 cm³/mol. The normalized spacial score (nSPS) is 11.2. The van der Waals surface area contributed by atoms with Crippen molar-refractivity contribution in [3.8, 4) is 17.0 Å². The summed E-state index contributed by atoms with van der Waals surface area (Å²) in [5.74, 6) is 0.440. The molecule has 1 aromatic heterocycles. The maximum absolute atomic E-state index is 12.7. The first-order valence-corrected chi connectivity index (χ1v) is 7.76. The second kappa shape index (κ2) is 7.39. The average molecular weight is 357 g/mol. The van der Waals surface area contributed by atoms with Crippen LogP contribution in [0.25, 0.3) is 11.3 Å². The monoisotopic (exact) mass is 357 g/mol. The molecule has 0 N–H and O–H groups in total. The number of halogens is 3. The van der Waals surface area contributed by atoms with Crippen LogP contribution < -0.4 is 4.74 Å². The molecule has 0 aliphatic heterocycles. The third kappa shape index (κ3) is 4.27. The Morgan fingerprint density at radius 2 is 1.77 bits per heavy atom. The van der Waals surface area contributed by atoms with E-state index < -0.39 is 11.7 Å². The molecule has 3 rings (SSSR count). The van der Waals surface area contributed by atoms with Gasteiger partial charge in [-0.3, -0.25) is 9.78 Å². The van der Waals surface area contributed by atoms with E-state index in [1.807, 2.05) is 30.3 Å². The van der Waals surface area contributed by atoms with Crippen molar-refractivity contribution in [2.75, 3.05) is 0 Å². The van der Waals surface area contributed by atoms with Crippen molar-refractivity contribution in [3.63, 3.8) is 0 Å². The number of ether oxygens (including phenoxy) is 1. The molecular weight excluding hydrogens is 343 g/mol. The van der Waals surface area contributed by atoms with E-state index in [-0.39, 0.29) is 0 Å². The van der Waals surface area contributed by atoms with Gasteiger partial charge in [-0.15, -0.1) is 0 Å². The topological polar surface area (TPSA) is 39.2 Å². The number of hydrogen-bond donors (Lipinski definition) is 0. The van der Waals surface area contributed by atoms with E-state index >= 15 is 0 Å². The zero-order chi connectivity index (χ0) is 18.6. The summed E-state index contributed by atoms with van der Waals surface area (Å²) in [5.41, 5.74) is 1.32. The van der Waals surface area contributed by atoms with Gasteiger partial charge in [-0.1, -0.05) is 30.3 Å². The number of pyridine rings is 1. The van der Waals surface area contributed by atoms with Crippen LogP contribution in [-0.4, -0.2) is 11.3 Å². The Hall–Kier alpha value is -3.15. The van der Waals surface area contributed by atoms with Crippen molar-refractivity contribution < 1.29 is 22.7 Å². The molecule has 3 nitrogen and oxygen atoms in total. The van der Waals surface area contributed by atoms with Crippen LogP contribution >= 0.6 is 0 Å². The lowest BCUT2D eigenvalue weighted by molar-refractivity contribution is -0.137. The molecule has 0 aliphatic carbocycles. The van der Waals surface area contributed by atoms with E-state index in [0.717, 1.165) is 17.8 Å². The van der Waals surface area contributed by atoms with Crippen molar-refractivity contribution in [1.29, 1.82) is 0 Å². The van der Waals surface area contributed by atoms with Gasteiger partial charge in [0.1, 0.15) is 18.6 Å². The fourth-order valence-electron chi connectivity index (χ4n) is 2.39. The summed E-state index contributed by atoms with van der Waals surface area (Å²) in [4.78, 5) is 15.0. The summed E-state index contributed by atoms with van der Waals surface area (Å²) in [7, 11) is 0. The highest BCUT2D eigenvalue weighted by Crippen LogP contribution is 2.31. The Labute approximate surface area is 148 Å². The number of aldehydes is 1. The van der Waals surface area contributed by atoms with Crippen LogP contribution in [0.1, 0.15) is 21.5 Å². The van der Waals surface area contributed by atoms with Crippen molar-refractivity contribution >= 4 is 6.29 Å². The average Bonchev–Trinajstić information content (AvgIpc) is 2.66. The summed E-state index contributed by atoms with van der Waals surface area (Å²) in [6, 6.07) is 16.5. The highest BCUT2D eigenvalue weighted by molar-refractivity contribution is 5.79. The molecule has 2 aromatic carbocycles. The molecular formula is C20H14F3NO2. The van der Waals surface area contributed by atoms with Gasteiger partial charge in [0.15, 0.2) is 0 Å². The van der Waals surface area contributed by atoms with Crippen LogP contribution in [0.15, 0.2) is 66.9 Å². The maximum atomic E-state index is 12.7. The van der Waals surface area contributed by atoms with E-state index in [9.17, 15) is 18.0 Å². The number of carbonyl (C=O) groups excluding carboxylic acids is 1. The van der Waals surface area contributed by atoms with E-state index in [2.05, 4.69) is 4.98 Å². The van der Waals surface area contributed by atoms with Gasteiger partial charge in [0.05, 0.1) is 11.3 Å². The van der Waals surface area contributed by atoms with Gasteiger partial charge >= 0.3 is 6.18 Å². The van der Waals surface area contributed by atoms with Crippen molar-refractivity contribution in [2.45, 2.75) is 12.8 Å². The Morgan fingerprint density at radius 3 is 2.38 bits per heavy atom. The van der Waals surface area contributed by atoms with Gasteiger partial charge in [0.25, 0.3) is 0 Å². The highest BCUT2D eigenvalue weighted by atomic mass is 19.4. The van der Waals surface area contributed by atoms with Crippen LogP contribution in [0.2, 0.25) is 0 Å². The molecule has 6 heteroatoms. The van der Waals surface area contributed by atoms with Crippen LogP contribution in [0.5, 0.6) is 5.75 Å². The number of hydrogen-bond acceptors (Lipinski definition) is 3. The molecule has 0 saturated heterocycles. The smallest absolute Gasteiger partial charge is 0.417 e. The summed E-state index contributed by atoms with van der Waals surface area (Å²) < 4.78 is 43.7. The fourth-order valence-corrected chi connectivity index (χ4v) is 2.39. The van der Waals surface area contributed by atoms with Gasteiger partial charge in [-0.25, -0.2) is 0 Å². The molecule has 1 heterocycles. The molecule has 0 aliphatic rings. The van der Waals surface area contributed by atoms with Crippen molar-refractivity contribution in [3.05, 3.63) is 83.6 Å². The third-order valence-electron chi connectivity index (χ3n) is 3.70. The number of rotatable bonds is 5. The number of carbonyl (C=O) groups is 1. The number of benzene rings is 2. The maximum Gasteiger partial charge on any atom is 0.417 e. The zero-order valence-corrected chi connectivity index (χ0v) is 13.5. The van der Waals surface area contributed by atoms with Gasteiger partial charge in [0, 0.05) is 17.3 Å². The lowest BCUT2D eigenvalue weighted by Crippen LogP contribution is -2.05. The SMILES string of the molecule is O=Cc1cc(OCc2ccccc2)cc(-c2ccc(C(F)(F)F)cn2)c1. The molecule has 0 fully saturated rings. The van der Waals surface area contributed by atoms with Gasteiger partial charge < -0.3 is 4.74 Å². The minimum absolute atomic E-state index is 0.309. The van der Waals surface area contributed by atoms with Gasteiger partial charge in [-0.2, -0.15) is 13.2 Å². The number of alkyl halides is 3. The van der Waals surface area contributed by atoms with Crippen LogP contribution in [-0.2, 0) is 12.8 Å². The van der Waals surface area contributed by atoms with Crippen molar-refractivity contribution in [1.82, 2.24) is 4.98 Å². The van der Waals surface area contributed by atoms with Crippen LogP contribution in [0.4, 0.5) is 13.2 Å². The Morgan fingerprint density at radius 1 is 1.00 bits per heavy atom. The van der Waals surface area contributed by atoms with Crippen molar-refractivity contribution in [2.24, 2.45) is 0 Å². The standard InChI is InChI=1S/C20H14F3NO2/c21-20(22,23)17-6-7-19(24-11-17)16-8-15(12-25)9-18(10-16)26-13-14-4-2-1-3-5-14/h1-12H,13H2. The third-order valence-corrected chi connectivity index (χ3v) is 3.70. The summed E-state index contributed by atoms with van der Waals surface area (Å²) in [6.45, 7) is 0.309. The highest BCUT2D eigenvalue weighted by Gasteiger charge is 2.30. The first-order chi connectivity index (χ1) is 12.5. The summed E-state index contributed by atoms with van der Waals surface area (Å²) in [5, 5.41) is 0. The van der Waals surface area contributed by atoms with Gasteiger partial charge in [0.2, 0.25) is 0 Å². The molecule has 0 saturated carbocycles. The van der Waals surface area contributed by atoms with Crippen LogP contribution in [0.3, 0.4) is 0 Å². The quantitative estimate of drug-likeness (QED) is 0.592. The number of nitrogens with zero attached hydrogens (tertiary/aromatic N) is 1. The second-order valence-electron chi connectivity index (χ2n) is 5.61. The van der Waals surface area contributed by atoms with Gasteiger partial charge in [-0.05, 0) is 35.9 Å². The van der Waals surface area contributed by atoms with E-state index in [1.165, 1.54) is 6.07 Å². The largest absolute Gasteiger partial charge is 0.489 e. The molecule has 26 heavy (non-hydrogen) atoms. The molecule has 0 unspecified atom stereocenters. The minimum Gasteiger partial charge on any atom is -0.489 e. The number of aromatic nitrogens is 1.